The van der Waals surface area contributed by atoms with Gasteiger partial charge in [0.25, 0.3) is 0 Å². The van der Waals surface area contributed by atoms with Gasteiger partial charge in [0.15, 0.2) is 0 Å². The summed E-state index contributed by atoms with van der Waals surface area (Å²) in [5.74, 6) is 0. The Balaban J connectivity index is -0.000000595. The fraction of sp³-hybridized carbons (Fsp3) is 0.882. The monoisotopic (exact) mass is 290 g/mol. The Bertz CT molecular complexity index is 203. The first-order chi connectivity index (χ1) is 9.76. The van der Waals surface area contributed by atoms with Crippen LogP contribution in [0, 0.1) is 0 Å². The van der Waals surface area contributed by atoms with Crippen molar-refractivity contribution in [1.82, 2.24) is 10.2 Å². The molecule has 0 radical (unpaired) electrons. The average molecular weight is 291 g/mol. The van der Waals surface area contributed by atoms with Crippen LogP contribution in [0.3, 0.4) is 0 Å². The molecule has 1 saturated heterocycles. The van der Waals surface area contributed by atoms with Gasteiger partial charge in [0.1, 0.15) is 6.17 Å². The Hall–Kier alpha value is -0.410. The molecule has 1 rings (SSSR count). The molecule has 1 N–H and O–H groups in total. The lowest BCUT2D eigenvalue weighted by Crippen LogP contribution is -2.31. The minimum atomic E-state index is -0.624. The molecule has 0 bridgehead atoms. The highest BCUT2D eigenvalue weighted by Crippen LogP contribution is 2.13. The first-order valence-electron chi connectivity index (χ1n) is 8.47. The van der Waals surface area contributed by atoms with E-state index in [0.29, 0.717) is 19.0 Å². The van der Waals surface area contributed by atoms with Crippen molar-refractivity contribution < 1.29 is 5.82 Å². The summed E-state index contributed by atoms with van der Waals surface area (Å²) < 4.78 is 12.9. The number of alkyl halides is 1. The molecule has 0 spiro atoms. The topological polar surface area (TPSA) is 15.3 Å². The van der Waals surface area contributed by atoms with E-state index in [4.69, 9.17) is 0 Å². The average Bonchev–Trinajstić information content (AvgIpc) is 2.92. The van der Waals surface area contributed by atoms with Gasteiger partial charge in [0.05, 0.1) is 0 Å². The molecule has 1 aliphatic rings. The summed E-state index contributed by atoms with van der Waals surface area (Å²) in [6, 6.07) is 0.392. The van der Waals surface area contributed by atoms with Gasteiger partial charge in [-0.1, -0.05) is 40.7 Å². The lowest BCUT2D eigenvalue weighted by Gasteiger charge is -2.21. The summed E-state index contributed by atoms with van der Waals surface area (Å²) in [7, 11) is 0. The highest BCUT2D eigenvalue weighted by molar-refractivity contribution is 4.82. The molecule has 2 atom stereocenters. The third-order valence-electron chi connectivity index (χ3n) is 3.29. The zero-order valence-corrected chi connectivity index (χ0v) is 14.4. The zero-order chi connectivity index (χ0) is 15.8. The van der Waals surface area contributed by atoms with Crippen LogP contribution in [-0.2, 0) is 0 Å². The highest BCUT2D eigenvalue weighted by Gasteiger charge is 2.23. The lowest BCUT2D eigenvalue weighted by atomic mass is 10.1. The Labute approximate surface area is 128 Å². The minimum Gasteiger partial charge on any atom is -0.311 e. The lowest BCUT2D eigenvalue weighted by molar-refractivity contribution is 0.267. The molecule has 1 fully saturated rings. The van der Waals surface area contributed by atoms with Crippen LogP contribution in [0.1, 0.15) is 61.7 Å². The van der Waals surface area contributed by atoms with Gasteiger partial charge in [-0.3, -0.25) is 0 Å². The van der Waals surface area contributed by atoms with Crippen LogP contribution >= 0.6 is 0 Å². The SMILES string of the molecule is C=CCCCN(CC)CCC1CC(F)CN1.CC.CC.[HH]. The van der Waals surface area contributed by atoms with E-state index in [1.165, 1.54) is 6.42 Å². The summed E-state index contributed by atoms with van der Waals surface area (Å²) in [4.78, 5) is 2.44. The quantitative estimate of drug-likeness (QED) is 0.516. The maximum absolute atomic E-state index is 12.9. The number of unbranched alkanes of at least 4 members (excludes halogenated alkanes) is 1. The van der Waals surface area contributed by atoms with E-state index < -0.39 is 6.17 Å². The van der Waals surface area contributed by atoms with Gasteiger partial charge >= 0.3 is 0 Å². The van der Waals surface area contributed by atoms with Crippen LogP contribution in [0.5, 0.6) is 0 Å². The summed E-state index contributed by atoms with van der Waals surface area (Å²) in [6.45, 7) is 17.8. The molecule has 0 saturated carbocycles. The molecule has 0 aromatic rings. The number of rotatable bonds is 8. The maximum Gasteiger partial charge on any atom is 0.114 e. The van der Waals surface area contributed by atoms with E-state index >= 15 is 0 Å². The number of nitrogens with zero attached hydrogens (tertiary/aromatic N) is 1. The highest BCUT2D eigenvalue weighted by atomic mass is 19.1. The van der Waals surface area contributed by atoms with E-state index in [1.807, 2.05) is 33.8 Å². The fourth-order valence-corrected chi connectivity index (χ4v) is 2.22. The van der Waals surface area contributed by atoms with Crippen LogP contribution < -0.4 is 5.32 Å². The Morgan fingerprint density at radius 2 is 1.95 bits per heavy atom. The normalized spacial score (nSPS) is 20.8. The number of hydrogen-bond acceptors (Lipinski definition) is 2. The van der Waals surface area contributed by atoms with E-state index in [1.54, 1.807) is 0 Å². The van der Waals surface area contributed by atoms with Crippen molar-refractivity contribution in [3.8, 4) is 0 Å². The van der Waals surface area contributed by atoms with E-state index in [-0.39, 0.29) is 1.43 Å². The predicted molar refractivity (Wildman–Crippen MR) is 92.3 cm³/mol. The standard InChI is InChI=1S/C13H25FN2.2C2H6.H2/c1-3-5-6-8-16(4-2)9-7-13-10-12(14)11-15-13;2*1-2;/h3,12-13,15H,1,4-11H2,2H3;2*1-2H3;1H. The molecule has 0 aromatic heterocycles. The molecular weight excluding hydrogens is 251 g/mol. The minimum absolute atomic E-state index is 0. The van der Waals surface area contributed by atoms with Crippen LogP contribution in [0.4, 0.5) is 4.39 Å². The molecule has 20 heavy (non-hydrogen) atoms. The maximum atomic E-state index is 12.9. The van der Waals surface area contributed by atoms with Gasteiger partial charge in [0.2, 0.25) is 0 Å². The molecule has 0 aromatic carbocycles. The number of halogens is 1. The van der Waals surface area contributed by atoms with Crippen molar-refractivity contribution in [2.45, 2.75) is 72.5 Å². The third kappa shape index (κ3) is 11.4. The van der Waals surface area contributed by atoms with E-state index in [0.717, 1.165) is 32.5 Å². The zero-order valence-electron chi connectivity index (χ0n) is 14.4. The smallest absolute Gasteiger partial charge is 0.114 e. The Kier molecular flexibility index (Phi) is 18.2. The molecule has 1 aliphatic heterocycles. The first kappa shape index (κ1) is 21.9. The van der Waals surface area contributed by atoms with Gasteiger partial charge in [-0.25, -0.2) is 4.39 Å². The van der Waals surface area contributed by atoms with Crippen molar-refractivity contribution in [1.29, 1.82) is 0 Å². The van der Waals surface area contributed by atoms with Crippen molar-refractivity contribution >= 4 is 0 Å². The van der Waals surface area contributed by atoms with Crippen molar-refractivity contribution in [3.05, 3.63) is 12.7 Å². The van der Waals surface area contributed by atoms with Crippen molar-refractivity contribution in [3.63, 3.8) is 0 Å². The summed E-state index contributed by atoms with van der Waals surface area (Å²) >= 11 is 0. The molecule has 124 valence electrons. The van der Waals surface area contributed by atoms with Gasteiger partial charge in [-0.15, -0.1) is 6.58 Å². The van der Waals surface area contributed by atoms with Crippen LogP contribution in [0.25, 0.3) is 0 Å². The second kappa shape index (κ2) is 16.6. The van der Waals surface area contributed by atoms with Gasteiger partial charge in [-0.05, 0) is 45.3 Å². The molecule has 3 heteroatoms. The number of allylic oxidation sites excluding steroid dienone is 1. The second-order valence-electron chi connectivity index (χ2n) is 4.59. The number of nitrogens with one attached hydrogen (secondary N) is 1. The largest absolute Gasteiger partial charge is 0.311 e. The summed E-state index contributed by atoms with van der Waals surface area (Å²) in [6.07, 6.45) is 5.39. The predicted octanol–water partition coefficient (Wildman–Crippen LogP) is 4.66. The van der Waals surface area contributed by atoms with Crippen LogP contribution in [0.15, 0.2) is 12.7 Å². The van der Waals surface area contributed by atoms with Gasteiger partial charge < -0.3 is 10.2 Å². The molecule has 2 unspecified atom stereocenters. The van der Waals surface area contributed by atoms with Crippen molar-refractivity contribution in [2.24, 2.45) is 0 Å². The summed E-state index contributed by atoms with van der Waals surface area (Å²) in [5.41, 5.74) is 0. The summed E-state index contributed by atoms with van der Waals surface area (Å²) in [5, 5.41) is 3.24. The number of hydrogen-bond donors (Lipinski definition) is 1. The van der Waals surface area contributed by atoms with E-state index in [2.05, 4.69) is 23.7 Å². The molecule has 0 aliphatic carbocycles. The van der Waals surface area contributed by atoms with E-state index in [9.17, 15) is 4.39 Å². The first-order valence-corrected chi connectivity index (χ1v) is 8.47. The fourth-order valence-electron chi connectivity index (χ4n) is 2.22. The van der Waals surface area contributed by atoms with Crippen LogP contribution in [-0.4, -0.2) is 43.3 Å². The third-order valence-corrected chi connectivity index (χ3v) is 3.29. The van der Waals surface area contributed by atoms with Crippen LogP contribution in [0.2, 0.25) is 0 Å². The second-order valence-corrected chi connectivity index (χ2v) is 4.59. The molecule has 2 nitrogen and oxygen atoms in total. The van der Waals surface area contributed by atoms with Gasteiger partial charge in [0, 0.05) is 14.0 Å². The molecule has 0 amide bonds. The Morgan fingerprint density at radius 3 is 2.40 bits per heavy atom. The molecule has 1 heterocycles. The molecular formula is C17H39FN2. The van der Waals surface area contributed by atoms with Crippen molar-refractivity contribution in [2.75, 3.05) is 26.2 Å². The van der Waals surface area contributed by atoms with Gasteiger partial charge in [-0.2, -0.15) is 0 Å². The Morgan fingerprint density at radius 1 is 1.30 bits per heavy atom.